The molecular weight excluding hydrogens is 294 g/mol. The average Bonchev–Trinajstić information content (AvgIpc) is 3.31. The monoisotopic (exact) mass is 311 g/mol. The lowest BCUT2D eigenvalue weighted by Crippen LogP contribution is -2.08. The van der Waals surface area contributed by atoms with Gasteiger partial charge in [-0.05, 0) is 18.1 Å². The van der Waals surface area contributed by atoms with E-state index in [4.69, 9.17) is 4.74 Å². The standard InChI is InChI=1S/C18H17NO4/c1-2-23-18(20)17-15(12-6-4-3-5-7-12)16(17)13-8-10-14(11-9-13)19(21)22/h3-11,15-17H,2H2,1H3/t15-,16-,17-/m1/s1. The molecule has 118 valence electrons. The van der Waals surface area contributed by atoms with Crippen LogP contribution < -0.4 is 0 Å². The van der Waals surface area contributed by atoms with Gasteiger partial charge in [0.25, 0.3) is 5.69 Å². The molecule has 3 atom stereocenters. The van der Waals surface area contributed by atoms with Crippen LogP contribution in [-0.4, -0.2) is 17.5 Å². The Bertz CT molecular complexity index is 712. The molecule has 0 radical (unpaired) electrons. The predicted octanol–water partition coefficient (Wildman–Crippen LogP) is 3.66. The molecule has 5 nitrogen and oxygen atoms in total. The van der Waals surface area contributed by atoms with Crippen molar-refractivity contribution in [3.8, 4) is 0 Å². The van der Waals surface area contributed by atoms with Crippen LogP contribution in [-0.2, 0) is 9.53 Å². The third-order valence-electron chi connectivity index (χ3n) is 4.25. The van der Waals surface area contributed by atoms with Crippen LogP contribution in [0.1, 0.15) is 29.9 Å². The largest absolute Gasteiger partial charge is 0.466 e. The van der Waals surface area contributed by atoms with E-state index in [1.54, 1.807) is 19.1 Å². The first kappa shape index (κ1) is 15.2. The Morgan fingerprint density at radius 3 is 2.13 bits per heavy atom. The highest BCUT2D eigenvalue weighted by Crippen LogP contribution is 2.61. The molecule has 0 heterocycles. The first-order valence-electron chi connectivity index (χ1n) is 7.59. The summed E-state index contributed by atoms with van der Waals surface area (Å²) in [5.41, 5.74) is 2.08. The van der Waals surface area contributed by atoms with Crippen molar-refractivity contribution in [3.05, 3.63) is 75.8 Å². The molecule has 0 aliphatic heterocycles. The maximum atomic E-state index is 12.2. The van der Waals surface area contributed by atoms with Gasteiger partial charge in [-0.25, -0.2) is 0 Å². The number of nitro benzene ring substituents is 1. The zero-order valence-corrected chi connectivity index (χ0v) is 12.7. The van der Waals surface area contributed by atoms with E-state index in [1.165, 1.54) is 12.1 Å². The number of hydrogen-bond donors (Lipinski definition) is 0. The molecule has 3 rings (SSSR count). The average molecular weight is 311 g/mol. The number of non-ortho nitro benzene ring substituents is 1. The second kappa shape index (κ2) is 6.20. The highest BCUT2D eigenvalue weighted by atomic mass is 16.6. The maximum absolute atomic E-state index is 12.2. The minimum absolute atomic E-state index is 0.0113. The molecular formula is C18H17NO4. The molecule has 0 N–H and O–H groups in total. The van der Waals surface area contributed by atoms with Gasteiger partial charge < -0.3 is 4.74 Å². The van der Waals surface area contributed by atoms with E-state index in [-0.39, 0.29) is 29.4 Å². The van der Waals surface area contributed by atoms with Crippen LogP contribution in [0.4, 0.5) is 5.69 Å². The molecule has 5 heteroatoms. The summed E-state index contributed by atoms with van der Waals surface area (Å²) >= 11 is 0. The number of rotatable bonds is 5. The van der Waals surface area contributed by atoms with Crippen LogP contribution in [0.5, 0.6) is 0 Å². The Kier molecular flexibility index (Phi) is 4.10. The van der Waals surface area contributed by atoms with Gasteiger partial charge in [-0.15, -0.1) is 0 Å². The zero-order valence-electron chi connectivity index (χ0n) is 12.7. The predicted molar refractivity (Wildman–Crippen MR) is 85.1 cm³/mol. The summed E-state index contributed by atoms with van der Waals surface area (Å²) in [4.78, 5) is 22.6. The van der Waals surface area contributed by atoms with Crippen molar-refractivity contribution >= 4 is 11.7 Å². The number of nitrogens with zero attached hydrogens (tertiary/aromatic N) is 1. The molecule has 1 aliphatic carbocycles. The van der Waals surface area contributed by atoms with Crippen LogP contribution in [0.2, 0.25) is 0 Å². The fourth-order valence-corrected chi connectivity index (χ4v) is 3.17. The summed E-state index contributed by atoms with van der Waals surface area (Å²) in [7, 11) is 0. The Morgan fingerprint density at radius 1 is 1.04 bits per heavy atom. The molecule has 2 aromatic rings. The lowest BCUT2D eigenvalue weighted by molar-refractivity contribution is -0.384. The number of carbonyl (C=O) groups is 1. The van der Waals surface area contributed by atoms with Crippen molar-refractivity contribution in [2.24, 2.45) is 5.92 Å². The topological polar surface area (TPSA) is 69.4 Å². The van der Waals surface area contributed by atoms with E-state index in [9.17, 15) is 14.9 Å². The van der Waals surface area contributed by atoms with E-state index >= 15 is 0 Å². The molecule has 0 bridgehead atoms. The molecule has 1 aliphatic rings. The van der Waals surface area contributed by atoms with Gasteiger partial charge >= 0.3 is 5.97 Å². The third kappa shape index (κ3) is 2.95. The molecule has 23 heavy (non-hydrogen) atoms. The highest BCUT2D eigenvalue weighted by Gasteiger charge is 2.57. The number of hydrogen-bond acceptors (Lipinski definition) is 4. The molecule has 1 fully saturated rings. The first-order valence-corrected chi connectivity index (χ1v) is 7.59. The Morgan fingerprint density at radius 2 is 1.61 bits per heavy atom. The fraction of sp³-hybridized carbons (Fsp3) is 0.278. The molecule has 0 aromatic heterocycles. The fourth-order valence-electron chi connectivity index (χ4n) is 3.17. The van der Waals surface area contributed by atoms with Gasteiger partial charge in [0.05, 0.1) is 17.4 Å². The Hall–Kier alpha value is -2.69. The molecule has 0 spiro atoms. The summed E-state index contributed by atoms with van der Waals surface area (Å²) in [5.74, 6) is -0.350. The van der Waals surface area contributed by atoms with E-state index < -0.39 is 4.92 Å². The number of benzene rings is 2. The number of carbonyl (C=O) groups excluding carboxylic acids is 1. The normalized spacial score (nSPS) is 22.4. The summed E-state index contributed by atoms with van der Waals surface area (Å²) in [6.07, 6.45) is 0. The second-order valence-electron chi connectivity index (χ2n) is 5.59. The number of ether oxygens (including phenoxy) is 1. The summed E-state index contributed by atoms with van der Waals surface area (Å²) in [5, 5.41) is 10.8. The van der Waals surface area contributed by atoms with E-state index in [0.29, 0.717) is 6.61 Å². The van der Waals surface area contributed by atoms with Crippen molar-refractivity contribution in [1.82, 2.24) is 0 Å². The summed E-state index contributed by atoms with van der Waals surface area (Å²) in [6.45, 7) is 2.14. The first-order chi connectivity index (χ1) is 11.1. The van der Waals surface area contributed by atoms with Crippen molar-refractivity contribution in [2.75, 3.05) is 6.61 Å². The van der Waals surface area contributed by atoms with Crippen LogP contribution in [0.3, 0.4) is 0 Å². The quantitative estimate of drug-likeness (QED) is 0.480. The minimum Gasteiger partial charge on any atom is -0.466 e. The number of esters is 1. The Balaban J connectivity index is 1.89. The Labute approximate surface area is 134 Å². The lowest BCUT2D eigenvalue weighted by Gasteiger charge is -2.01. The smallest absolute Gasteiger partial charge is 0.310 e. The highest BCUT2D eigenvalue weighted by molar-refractivity contribution is 5.80. The van der Waals surface area contributed by atoms with Gasteiger partial charge in [0.2, 0.25) is 0 Å². The molecule has 0 saturated heterocycles. The maximum Gasteiger partial charge on any atom is 0.310 e. The second-order valence-corrected chi connectivity index (χ2v) is 5.59. The van der Waals surface area contributed by atoms with Gasteiger partial charge in [-0.1, -0.05) is 42.5 Å². The molecule has 0 unspecified atom stereocenters. The van der Waals surface area contributed by atoms with Crippen LogP contribution in [0.25, 0.3) is 0 Å². The van der Waals surface area contributed by atoms with Gasteiger partial charge in [0, 0.05) is 24.0 Å². The van der Waals surface area contributed by atoms with E-state index in [2.05, 4.69) is 0 Å². The lowest BCUT2D eigenvalue weighted by atomic mass is 10.0. The minimum atomic E-state index is -0.422. The summed E-state index contributed by atoms with van der Waals surface area (Å²) < 4.78 is 5.18. The van der Waals surface area contributed by atoms with Gasteiger partial charge in [0.1, 0.15) is 0 Å². The third-order valence-corrected chi connectivity index (χ3v) is 4.25. The molecule has 1 saturated carbocycles. The van der Waals surface area contributed by atoms with Crippen molar-refractivity contribution < 1.29 is 14.5 Å². The molecule has 2 aromatic carbocycles. The van der Waals surface area contributed by atoms with E-state index in [0.717, 1.165) is 11.1 Å². The van der Waals surface area contributed by atoms with Gasteiger partial charge in [-0.2, -0.15) is 0 Å². The van der Waals surface area contributed by atoms with Crippen molar-refractivity contribution in [2.45, 2.75) is 18.8 Å². The molecule has 0 amide bonds. The van der Waals surface area contributed by atoms with Gasteiger partial charge in [0.15, 0.2) is 0 Å². The number of nitro groups is 1. The van der Waals surface area contributed by atoms with Crippen molar-refractivity contribution in [3.63, 3.8) is 0 Å². The van der Waals surface area contributed by atoms with Crippen LogP contribution in [0, 0.1) is 16.0 Å². The summed E-state index contributed by atoms with van der Waals surface area (Å²) in [6, 6.07) is 16.3. The zero-order chi connectivity index (χ0) is 16.4. The van der Waals surface area contributed by atoms with Crippen LogP contribution in [0.15, 0.2) is 54.6 Å². The van der Waals surface area contributed by atoms with Gasteiger partial charge in [-0.3, -0.25) is 14.9 Å². The van der Waals surface area contributed by atoms with E-state index in [1.807, 2.05) is 30.3 Å². The SMILES string of the molecule is CCOC(=O)[C@@H]1[C@H](c2ccccc2)[C@H]1c1ccc([N+](=O)[O-])cc1. The van der Waals surface area contributed by atoms with Crippen LogP contribution >= 0.6 is 0 Å². The van der Waals surface area contributed by atoms with Crippen molar-refractivity contribution in [1.29, 1.82) is 0 Å².